The molecule has 1 amide bonds. The highest BCUT2D eigenvalue weighted by molar-refractivity contribution is 7.92. The Balaban J connectivity index is 2.40. The summed E-state index contributed by atoms with van der Waals surface area (Å²) >= 11 is 0. The molecule has 1 heterocycles. The van der Waals surface area contributed by atoms with Crippen molar-refractivity contribution in [2.24, 2.45) is 0 Å². The molecule has 20 heavy (non-hydrogen) atoms. The van der Waals surface area contributed by atoms with E-state index in [1.54, 1.807) is 0 Å². The molecule has 0 aliphatic carbocycles. The monoisotopic (exact) mass is 306 g/mol. The predicted molar refractivity (Wildman–Crippen MR) is 62.8 cm³/mol. The fraction of sp³-hybridized carbons (Fsp3) is 0.182. The molecule has 1 unspecified atom stereocenters. The number of amides is 1. The minimum Gasteiger partial charge on any atom is -0.286 e. The first-order valence-electron chi connectivity index (χ1n) is 5.36. The van der Waals surface area contributed by atoms with Gasteiger partial charge in [-0.05, 0) is 24.3 Å². The summed E-state index contributed by atoms with van der Waals surface area (Å²) in [5, 5.41) is -1.32. The highest BCUT2D eigenvalue weighted by Gasteiger charge is 2.33. The Labute approximate surface area is 112 Å². The average Bonchev–Trinajstić information content (AvgIpc) is 2.38. The Kier molecular flexibility index (Phi) is 3.57. The number of rotatable bonds is 2. The molecule has 1 atom stereocenters. The first-order valence-corrected chi connectivity index (χ1v) is 6.91. The molecule has 1 aromatic rings. The number of sulfone groups is 1. The van der Waals surface area contributed by atoms with Crippen molar-refractivity contribution in [1.29, 1.82) is 0 Å². The third-order valence-corrected chi connectivity index (χ3v) is 4.44. The first kappa shape index (κ1) is 14.5. The molecule has 2 N–H and O–H groups in total. The molecule has 0 spiro atoms. The van der Waals surface area contributed by atoms with Crippen LogP contribution in [-0.4, -0.2) is 19.7 Å². The third kappa shape index (κ3) is 2.83. The maximum atomic E-state index is 12.6. The van der Waals surface area contributed by atoms with Gasteiger partial charge in [-0.15, -0.1) is 0 Å². The molecule has 0 saturated heterocycles. The van der Waals surface area contributed by atoms with Crippen molar-refractivity contribution in [2.75, 3.05) is 0 Å². The Morgan fingerprint density at radius 3 is 2.45 bits per heavy atom. The van der Waals surface area contributed by atoms with Crippen LogP contribution >= 0.6 is 0 Å². The molecule has 0 aromatic heterocycles. The molecule has 2 rings (SSSR count). The van der Waals surface area contributed by atoms with Crippen molar-refractivity contribution in [1.82, 2.24) is 10.9 Å². The predicted octanol–water partition coefficient (Wildman–Crippen LogP) is 0.996. The number of carbonyl (C=O) groups is 1. The van der Waals surface area contributed by atoms with E-state index in [1.807, 2.05) is 0 Å². The van der Waals surface area contributed by atoms with E-state index in [4.69, 9.17) is 0 Å². The van der Waals surface area contributed by atoms with E-state index in [0.29, 0.717) is 6.07 Å². The van der Waals surface area contributed by atoms with Crippen LogP contribution in [0.15, 0.2) is 41.3 Å². The molecule has 0 bridgehead atoms. The SMILES string of the molecule is O=C1C=CC(S(=O)(=O)c2cccc(C(F)(F)F)c2)NN1. The van der Waals surface area contributed by atoms with Gasteiger partial charge in [0.15, 0.2) is 15.2 Å². The van der Waals surface area contributed by atoms with Gasteiger partial charge in [-0.1, -0.05) is 6.07 Å². The summed E-state index contributed by atoms with van der Waals surface area (Å²) in [5.41, 5.74) is 3.23. The van der Waals surface area contributed by atoms with Crippen LogP contribution in [0.3, 0.4) is 0 Å². The van der Waals surface area contributed by atoms with Crippen molar-refractivity contribution >= 4 is 15.7 Å². The molecule has 1 aromatic carbocycles. The molecule has 9 heteroatoms. The van der Waals surface area contributed by atoms with Gasteiger partial charge in [-0.2, -0.15) is 13.2 Å². The van der Waals surface area contributed by atoms with Crippen molar-refractivity contribution < 1.29 is 26.4 Å². The molecular weight excluding hydrogens is 297 g/mol. The molecule has 0 radical (unpaired) electrons. The van der Waals surface area contributed by atoms with E-state index in [2.05, 4.69) is 10.9 Å². The van der Waals surface area contributed by atoms with Gasteiger partial charge >= 0.3 is 6.18 Å². The zero-order valence-electron chi connectivity index (χ0n) is 9.81. The van der Waals surface area contributed by atoms with Crippen LogP contribution in [0.4, 0.5) is 13.2 Å². The summed E-state index contributed by atoms with van der Waals surface area (Å²) in [6.07, 6.45) is -2.57. The number of hydrogen-bond donors (Lipinski definition) is 2. The molecule has 0 fully saturated rings. The van der Waals surface area contributed by atoms with E-state index >= 15 is 0 Å². The maximum Gasteiger partial charge on any atom is 0.416 e. The van der Waals surface area contributed by atoms with Crippen LogP contribution in [0.2, 0.25) is 0 Å². The van der Waals surface area contributed by atoms with Gasteiger partial charge in [0, 0.05) is 6.08 Å². The normalized spacial score (nSPS) is 19.8. The largest absolute Gasteiger partial charge is 0.416 e. The Bertz CT molecular complexity index is 668. The van der Waals surface area contributed by atoms with Crippen molar-refractivity contribution in [3.8, 4) is 0 Å². The molecule has 1 aliphatic rings. The fourth-order valence-corrected chi connectivity index (χ4v) is 2.94. The standard InChI is InChI=1S/C11H9F3N2O3S/c12-11(13,14)7-2-1-3-8(6-7)20(18,19)10-5-4-9(17)15-16-10/h1-6,10,16H,(H,15,17). The summed E-state index contributed by atoms with van der Waals surface area (Å²) in [6.45, 7) is 0. The molecule has 5 nitrogen and oxygen atoms in total. The fourth-order valence-electron chi connectivity index (χ4n) is 1.58. The lowest BCUT2D eigenvalue weighted by atomic mass is 10.2. The Hall–Kier alpha value is -1.87. The van der Waals surface area contributed by atoms with Crippen LogP contribution in [-0.2, 0) is 20.8 Å². The number of benzene rings is 1. The summed E-state index contributed by atoms with van der Waals surface area (Å²) in [5.74, 6) is -0.541. The van der Waals surface area contributed by atoms with Crippen LogP contribution in [0.5, 0.6) is 0 Å². The zero-order chi connectivity index (χ0) is 15.0. The number of nitrogens with one attached hydrogen (secondary N) is 2. The van der Waals surface area contributed by atoms with Crippen LogP contribution in [0.25, 0.3) is 0 Å². The van der Waals surface area contributed by atoms with Gasteiger partial charge in [-0.3, -0.25) is 10.2 Å². The van der Waals surface area contributed by atoms with Crippen molar-refractivity contribution in [2.45, 2.75) is 16.4 Å². The summed E-state index contributed by atoms with van der Waals surface area (Å²) in [7, 11) is -4.08. The van der Waals surface area contributed by atoms with Crippen LogP contribution in [0.1, 0.15) is 5.56 Å². The molecule has 108 valence electrons. The van der Waals surface area contributed by atoms with Gasteiger partial charge in [0.2, 0.25) is 0 Å². The topological polar surface area (TPSA) is 75.3 Å². The number of alkyl halides is 3. The zero-order valence-corrected chi connectivity index (χ0v) is 10.6. The number of hydrazine groups is 1. The van der Waals surface area contributed by atoms with E-state index in [0.717, 1.165) is 30.4 Å². The van der Waals surface area contributed by atoms with E-state index in [9.17, 15) is 26.4 Å². The Morgan fingerprint density at radius 2 is 1.90 bits per heavy atom. The van der Waals surface area contributed by atoms with E-state index < -0.39 is 37.8 Å². The lowest BCUT2D eigenvalue weighted by Gasteiger charge is -2.19. The minimum atomic E-state index is -4.63. The minimum absolute atomic E-state index is 0.481. The van der Waals surface area contributed by atoms with Crippen molar-refractivity contribution in [3.05, 3.63) is 42.0 Å². The van der Waals surface area contributed by atoms with E-state index in [-0.39, 0.29) is 0 Å². The maximum absolute atomic E-state index is 12.6. The number of halogens is 3. The molecule has 1 aliphatic heterocycles. The van der Waals surface area contributed by atoms with Gasteiger partial charge in [-0.25, -0.2) is 13.8 Å². The quantitative estimate of drug-likeness (QED) is 0.854. The van der Waals surface area contributed by atoms with Gasteiger partial charge < -0.3 is 0 Å². The third-order valence-electron chi connectivity index (χ3n) is 2.58. The summed E-state index contributed by atoms with van der Waals surface area (Å²) in [4.78, 5) is 10.4. The average molecular weight is 306 g/mol. The summed E-state index contributed by atoms with van der Waals surface area (Å²) in [6, 6.07) is 3.42. The highest BCUT2D eigenvalue weighted by atomic mass is 32.2. The molecule has 0 saturated carbocycles. The number of carbonyl (C=O) groups excluding carboxylic acids is 1. The number of hydrogen-bond acceptors (Lipinski definition) is 4. The highest BCUT2D eigenvalue weighted by Crippen LogP contribution is 2.31. The first-order chi connectivity index (χ1) is 9.21. The second-order valence-electron chi connectivity index (χ2n) is 3.98. The molecular formula is C11H9F3N2O3S. The van der Waals surface area contributed by atoms with Crippen molar-refractivity contribution in [3.63, 3.8) is 0 Å². The van der Waals surface area contributed by atoms with Gasteiger partial charge in [0.25, 0.3) is 5.91 Å². The Morgan fingerprint density at radius 1 is 1.20 bits per heavy atom. The second-order valence-corrected chi connectivity index (χ2v) is 6.05. The van der Waals surface area contributed by atoms with E-state index in [1.165, 1.54) is 0 Å². The summed E-state index contributed by atoms with van der Waals surface area (Å²) < 4.78 is 62.0. The van der Waals surface area contributed by atoms with Crippen LogP contribution in [0, 0.1) is 0 Å². The lowest BCUT2D eigenvalue weighted by molar-refractivity contribution is -0.137. The van der Waals surface area contributed by atoms with Crippen LogP contribution < -0.4 is 10.9 Å². The van der Waals surface area contributed by atoms with Gasteiger partial charge in [0.05, 0.1) is 10.5 Å². The second kappa shape index (κ2) is 4.91. The van der Waals surface area contributed by atoms with Gasteiger partial charge in [0.1, 0.15) is 0 Å². The smallest absolute Gasteiger partial charge is 0.286 e. The lowest BCUT2D eigenvalue weighted by Crippen LogP contribution is -2.49.